The molecule has 0 saturated heterocycles. The molecule has 0 aromatic heterocycles. The predicted octanol–water partition coefficient (Wildman–Crippen LogP) is -0.710. The first-order valence-corrected chi connectivity index (χ1v) is 7.39. The number of hydrogen-bond donors (Lipinski definition) is 2. The third-order valence-corrected chi connectivity index (χ3v) is 3.35. The SMILES string of the molecule is COC(C)(C)CNC(=O)C(N)CCS(C)(=O)=O. The maximum atomic E-state index is 11.5. The van der Waals surface area contributed by atoms with E-state index in [1.165, 1.54) is 0 Å². The minimum absolute atomic E-state index is 0.0880. The van der Waals surface area contributed by atoms with Gasteiger partial charge in [-0.1, -0.05) is 0 Å². The molecule has 17 heavy (non-hydrogen) atoms. The fraction of sp³-hybridized carbons (Fsp3) is 0.900. The van der Waals surface area contributed by atoms with Crippen molar-refractivity contribution in [2.45, 2.75) is 31.9 Å². The average Bonchev–Trinajstić information content (AvgIpc) is 2.21. The molecule has 1 unspecified atom stereocenters. The molecule has 0 aromatic carbocycles. The molecule has 0 saturated carbocycles. The smallest absolute Gasteiger partial charge is 0.237 e. The second kappa shape index (κ2) is 6.32. The number of amides is 1. The fourth-order valence-electron chi connectivity index (χ4n) is 0.975. The Morgan fingerprint density at radius 3 is 2.41 bits per heavy atom. The molecule has 0 radical (unpaired) electrons. The first kappa shape index (κ1) is 16.3. The van der Waals surface area contributed by atoms with Gasteiger partial charge in [0.2, 0.25) is 5.91 Å². The molecule has 0 bridgehead atoms. The quantitative estimate of drug-likeness (QED) is 0.634. The van der Waals surface area contributed by atoms with E-state index in [1.807, 2.05) is 13.8 Å². The minimum Gasteiger partial charge on any atom is -0.377 e. The van der Waals surface area contributed by atoms with E-state index >= 15 is 0 Å². The van der Waals surface area contributed by atoms with E-state index < -0.39 is 21.5 Å². The Kier molecular flexibility index (Phi) is 6.08. The van der Waals surface area contributed by atoms with Gasteiger partial charge < -0.3 is 15.8 Å². The van der Waals surface area contributed by atoms with Crippen LogP contribution in [-0.2, 0) is 19.4 Å². The van der Waals surface area contributed by atoms with Crippen molar-refractivity contribution in [1.29, 1.82) is 0 Å². The molecule has 0 rings (SSSR count). The summed E-state index contributed by atoms with van der Waals surface area (Å²) in [6.45, 7) is 3.99. The Bertz CT molecular complexity index is 351. The highest BCUT2D eigenvalue weighted by Gasteiger charge is 2.20. The number of sulfone groups is 1. The second-order valence-corrected chi connectivity index (χ2v) is 6.97. The Balaban J connectivity index is 4.07. The van der Waals surface area contributed by atoms with Crippen LogP contribution in [0, 0.1) is 0 Å². The lowest BCUT2D eigenvalue weighted by Crippen LogP contribution is -2.47. The molecule has 0 spiro atoms. The van der Waals surface area contributed by atoms with Gasteiger partial charge in [0.05, 0.1) is 17.4 Å². The molecule has 0 aliphatic heterocycles. The summed E-state index contributed by atoms with van der Waals surface area (Å²) in [7, 11) is -1.53. The summed E-state index contributed by atoms with van der Waals surface area (Å²) in [4.78, 5) is 11.5. The van der Waals surface area contributed by atoms with E-state index in [1.54, 1.807) is 7.11 Å². The van der Waals surface area contributed by atoms with Crippen LogP contribution in [0.2, 0.25) is 0 Å². The number of ether oxygens (including phenoxy) is 1. The first-order valence-electron chi connectivity index (χ1n) is 5.33. The lowest BCUT2D eigenvalue weighted by atomic mass is 10.1. The summed E-state index contributed by atoms with van der Waals surface area (Å²) < 4.78 is 27.0. The fourth-order valence-corrected chi connectivity index (χ4v) is 1.66. The van der Waals surface area contributed by atoms with E-state index in [0.29, 0.717) is 6.54 Å². The van der Waals surface area contributed by atoms with Gasteiger partial charge in [0.1, 0.15) is 9.84 Å². The van der Waals surface area contributed by atoms with Crippen molar-refractivity contribution in [1.82, 2.24) is 5.32 Å². The Morgan fingerprint density at radius 1 is 1.47 bits per heavy atom. The van der Waals surface area contributed by atoms with E-state index in [2.05, 4.69) is 5.32 Å². The van der Waals surface area contributed by atoms with E-state index in [-0.39, 0.29) is 18.1 Å². The maximum Gasteiger partial charge on any atom is 0.237 e. The average molecular weight is 266 g/mol. The van der Waals surface area contributed by atoms with Gasteiger partial charge >= 0.3 is 0 Å². The van der Waals surface area contributed by atoms with Crippen molar-refractivity contribution < 1.29 is 17.9 Å². The van der Waals surface area contributed by atoms with Crippen molar-refractivity contribution in [3.05, 3.63) is 0 Å². The Hall–Kier alpha value is -0.660. The van der Waals surface area contributed by atoms with Crippen LogP contribution < -0.4 is 11.1 Å². The van der Waals surface area contributed by atoms with Crippen LogP contribution in [0.15, 0.2) is 0 Å². The van der Waals surface area contributed by atoms with Crippen LogP contribution in [0.3, 0.4) is 0 Å². The van der Waals surface area contributed by atoms with Crippen molar-refractivity contribution >= 4 is 15.7 Å². The highest BCUT2D eigenvalue weighted by atomic mass is 32.2. The van der Waals surface area contributed by atoms with Crippen LogP contribution in [0.5, 0.6) is 0 Å². The third kappa shape index (κ3) is 8.12. The summed E-state index contributed by atoms with van der Waals surface area (Å²) in [5, 5.41) is 2.63. The van der Waals surface area contributed by atoms with E-state index in [4.69, 9.17) is 10.5 Å². The largest absolute Gasteiger partial charge is 0.377 e. The second-order valence-electron chi connectivity index (χ2n) is 4.71. The number of hydrogen-bond acceptors (Lipinski definition) is 5. The van der Waals surface area contributed by atoms with Gasteiger partial charge in [-0.25, -0.2) is 8.42 Å². The van der Waals surface area contributed by atoms with Crippen LogP contribution in [0.4, 0.5) is 0 Å². The lowest BCUT2D eigenvalue weighted by Gasteiger charge is -2.24. The van der Waals surface area contributed by atoms with Gasteiger partial charge in [-0.2, -0.15) is 0 Å². The number of nitrogens with two attached hydrogens (primary N) is 1. The van der Waals surface area contributed by atoms with Gasteiger partial charge in [0, 0.05) is 19.9 Å². The summed E-state index contributed by atoms with van der Waals surface area (Å²) in [5.74, 6) is -0.450. The van der Waals surface area contributed by atoms with Gasteiger partial charge in [0.25, 0.3) is 0 Å². The molecule has 0 aliphatic rings. The number of nitrogens with one attached hydrogen (secondary N) is 1. The number of carbonyl (C=O) groups excluding carboxylic acids is 1. The number of methoxy groups -OCH3 is 1. The molecule has 1 atom stereocenters. The van der Waals surface area contributed by atoms with Gasteiger partial charge in [-0.15, -0.1) is 0 Å². The lowest BCUT2D eigenvalue weighted by molar-refractivity contribution is -0.123. The number of carbonyl (C=O) groups is 1. The monoisotopic (exact) mass is 266 g/mol. The van der Waals surface area contributed by atoms with Gasteiger partial charge in [-0.05, 0) is 20.3 Å². The summed E-state index contributed by atoms with van der Waals surface area (Å²) in [5.41, 5.74) is 5.11. The molecule has 1 amide bonds. The van der Waals surface area contributed by atoms with Crippen LogP contribution in [-0.4, -0.2) is 51.6 Å². The summed E-state index contributed by atoms with van der Waals surface area (Å²) in [6.07, 6.45) is 1.24. The summed E-state index contributed by atoms with van der Waals surface area (Å²) >= 11 is 0. The van der Waals surface area contributed by atoms with Crippen LogP contribution >= 0.6 is 0 Å². The maximum absolute atomic E-state index is 11.5. The minimum atomic E-state index is -3.09. The molecule has 102 valence electrons. The molecule has 6 nitrogen and oxygen atoms in total. The standard InChI is InChI=1S/C10H22N2O4S/c1-10(2,16-3)7-12-9(13)8(11)5-6-17(4,14)15/h8H,5-7,11H2,1-4H3,(H,12,13). The number of rotatable bonds is 7. The Labute approximate surface area is 103 Å². The first-order chi connectivity index (χ1) is 7.57. The van der Waals surface area contributed by atoms with Crippen LogP contribution in [0.1, 0.15) is 20.3 Å². The molecule has 0 aromatic rings. The summed E-state index contributed by atoms with van der Waals surface area (Å²) in [6, 6.07) is -0.808. The Morgan fingerprint density at radius 2 is 2.00 bits per heavy atom. The van der Waals surface area contributed by atoms with Crippen molar-refractivity contribution in [3.63, 3.8) is 0 Å². The van der Waals surface area contributed by atoms with Gasteiger partial charge in [-0.3, -0.25) is 4.79 Å². The predicted molar refractivity (Wildman–Crippen MR) is 66.4 cm³/mol. The molecule has 3 N–H and O–H groups in total. The van der Waals surface area contributed by atoms with Crippen LogP contribution in [0.25, 0.3) is 0 Å². The molecule has 0 heterocycles. The highest BCUT2D eigenvalue weighted by Crippen LogP contribution is 2.05. The highest BCUT2D eigenvalue weighted by molar-refractivity contribution is 7.90. The van der Waals surface area contributed by atoms with Crippen molar-refractivity contribution in [3.8, 4) is 0 Å². The topological polar surface area (TPSA) is 98.5 Å². The van der Waals surface area contributed by atoms with Gasteiger partial charge in [0.15, 0.2) is 0 Å². The third-order valence-electron chi connectivity index (χ3n) is 2.38. The zero-order chi connectivity index (χ0) is 13.7. The normalized spacial score (nSPS) is 14.4. The molecular weight excluding hydrogens is 244 g/mol. The molecule has 0 aliphatic carbocycles. The van der Waals surface area contributed by atoms with E-state index in [0.717, 1.165) is 6.26 Å². The van der Waals surface area contributed by atoms with Crippen molar-refractivity contribution in [2.75, 3.05) is 25.7 Å². The molecule has 0 fully saturated rings. The van der Waals surface area contributed by atoms with E-state index in [9.17, 15) is 13.2 Å². The molecular formula is C10H22N2O4S. The zero-order valence-electron chi connectivity index (χ0n) is 10.8. The zero-order valence-corrected chi connectivity index (χ0v) is 11.6. The van der Waals surface area contributed by atoms with Crippen molar-refractivity contribution in [2.24, 2.45) is 5.73 Å². The molecule has 7 heteroatoms.